The van der Waals surface area contributed by atoms with E-state index in [0.29, 0.717) is 24.0 Å². The third-order valence-electron chi connectivity index (χ3n) is 5.77. The van der Waals surface area contributed by atoms with Crippen molar-refractivity contribution in [2.45, 2.75) is 63.1 Å². The standard InChI is InChI=1S/C22H31N3O3S/c1-16-8-6-9-17(2)25(16)15-20(24-18(3)26)14-23-29(27,28)22-13-7-11-19-10-4-5-12-21(19)22/h4-5,7,10-13,16-17,20,23H,6,8-9,14-15H2,1-3H3,(H,24,26)/t16-,17+,20-/m0/s1. The highest BCUT2D eigenvalue weighted by atomic mass is 32.2. The highest BCUT2D eigenvalue weighted by Gasteiger charge is 2.28. The molecular formula is C22H31N3O3S. The molecule has 2 aromatic rings. The van der Waals surface area contributed by atoms with E-state index in [2.05, 4.69) is 28.8 Å². The van der Waals surface area contributed by atoms with Gasteiger partial charge in [-0.15, -0.1) is 0 Å². The van der Waals surface area contributed by atoms with Crippen LogP contribution < -0.4 is 10.0 Å². The molecule has 0 aliphatic carbocycles. The first-order chi connectivity index (χ1) is 13.8. The lowest BCUT2D eigenvalue weighted by atomic mass is 9.97. The van der Waals surface area contributed by atoms with Crippen molar-refractivity contribution in [2.24, 2.45) is 0 Å². The number of fused-ring (bicyclic) bond motifs is 1. The lowest BCUT2D eigenvalue weighted by Crippen LogP contribution is -2.54. The van der Waals surface area contributed by atoms with E-state index in [9.17, 15) is 13.2 Å². The predicted octanol–water partition coefficient (Wildman–Crippen LogP) is 2.89. The van der Waals surface area contributed by atoms with Crippen LogP contribution in [0.25, 0.3) is 10.8 Å². The molecule has 3 rings (SSSR count). The van der Waals surface area contributed by atoms with Gasteiger partial charge in [-0.3, -0.25) is 9.69 Å². The van der Waals surface area contributed by atoms with Crippen LogP contribution in [0.2, 0.25) is 0 Å². The summed E-state index contributed by atoms with van der Waals surface area (Å²) in [6.07, 6.45) is 3.45. The van der Waals surface area contributed by atoms with Crippen molar-refractivity contribution in [3.05, 3.63) is 42.5 Å². The second-order valence-electron chi connectivity index (χ2n) is 8.05. The van der Waals surface area contributed by atoms with Crippen molar-refractivity contribution in [3.8, 4) is 0 Å². The maximum absolute atomic E-state index is 13.0. The fraction of sp³-hybridized carbons (Fsp3) is 0.500. The Balaban J connectivity index is 1.76. The zero-order valence-corrected chi connectivity index (χ0v) is 18.2. The Morgan fingerprint density at radius 1 is 1.10 bits per heavy atom. The first-order valence-electron chi connectivity index (χ1n) is 10.3. The molecule has 1 saturated heterocycles. The maximum atomic E-state index is 13.0. The number of nitrogens with zero attached hydrogens (tertiary/aromatic N) is 1. The van der Waals surface area contributed by atoms with Crippen LogP contribution in [0.4, 0.5) is 0 Å². The quantitative estimate of drug-likeness (QED) is 0.726. The van der Waals surface area contributed by atoms with Gasteiger partial charge in [-0.25, -0.2) is 13.1 Å². The molecule has 0 radical (unpaired) electrons. The molecule has 1 aliphatic heterocycles. The molecule has 0 saturated carbocycles. The number of nitrogens with one attached hydrogen (secondary N) is 2. The average molecular weight is 418 g/mol. The second kappa shape index (κ2) is 9.24. The van der Waals surface area contributed by atoms with Gasteiger partial charge in [0.05, 0.1) is 10.9 Å². The van der Waals surface area contributed by atoms with Gasteiger partial charge in [-0.05, 0) is 38.1 Å². The molecule has 29 heavy (non-hydrogen) atoms. The number of amides is 1. The smallest absolute Gasteiger partial charge is 0.241 e. The summed E-state index contributed by atoms with van der Waals surface area (Å²) in [5, 5.41) is 4.49. The van der Waals surface area contributed by atoms with Gasteiger partial charge in [0.2, 0.25) is 15.9 Å². The number of hydrogen-bond donors (Lipinski definition) is 2. The van der Waals surface area contributed by atoms with E-state index in [1.165, 1.54) is 13.3 Å². The first-order valence-corrected chi connectivity index (χ1v) is 11.8. The Kier molecular flexibility index (Phi) is 6.93. The Morgan fingerprint density at radius 2 is 1.76 bits per heavy atom. The summed E-state index contributed by atoms with van der Waals surface area (Å²) in [6.45, 7) is 6.64. The minimum absolute atomic E-state index is 0.154. The minimum atomic E-state index is -3.71. The molecule has 0 aromatic heterocycles. The number of likely N-dealkylation sites (tertiary alicyclic amines) is 1. The summed E-state index contributed by atoms with van der Waals surface area (Å²) < 4.78 is 28.8. The molecule has 2 aromatic carbocycles. The van der Waals surface area contributed by atoms with Gasteiger partial charge in [-0.2, -0.15) is 0 Å². The maximum Gasteiger partial charge on any atom is 0.241 e. The molecule has 6 nitrogen and oxygen atoms in total. The highest BCUT2D eigenvalue weighted by Crippen LogP contribution is 2.24. The van der Waals surface area contributed by atoms with Crippen LogP contribution in [-0.2, 0) is 14.8 Å². The Hall–Kier alpha value is -1.96. The first kappa shape index (κ1) is 21.7. The molecule has 2 N–H and O–H groups in total. The van der Waals surface area contributed by atoms with Crippen LogP contribution in [0, 0.1) is 0 Å². The van der Waals surface area contributed by atoms with Gasteiger partial charge in [0.15, 0.2) is 0 Å². The lowest BCUT2D eigenvalue weighted by Gasteiger charge is -2.41. The molecule has 0 spiro atoms. The van der Waals surface area contributed by atoms with Crippen LogP contribution in [-0.4, -0.2) is 50.4 Å². The number of benzene rings is 2. The number of sulfonamides is 1. The normalized spacial score (nSPS) is 21.8. The van der Waals surface area contributed by atoms with Gasteiger partial charge >= 0.3 is 0 Å². The van der Waals surface area contributed by atoms with E-state index in [1.54, 1.807) is 12.1 Å². The van der Waals surface area contributed by atoms with Crippen molar-refractivity contribution in [3.63, 3.8) is 0 Å². The number of carbonyl (C=O) groups is 1. The number of rotatable bonds is 7. The van der Waals surface area contributed by atoms with Crippen molar-refractivity contribution < 1.29 is 13.2 Å². The molecule has 0 bridgehead atoms. The molecule has 1 heterocycles. The van der Waals surface area contributed by atoms with Gasteiger partial charge in [0, 0.05) is 37.5 Å². The van der Waals surface area contributed by atoms with Crippen molar-refractivity contribution in [1.29, 1.82) is 0 Å². The summed E-state index contributed by atoms with van der Waals surface area (Å²) in [5.74, 6) is -0.156. The van der Waals surface area contributed by atoms with E-state index >= 15 is 0 Å². The van der Waals surface area contributed by atoms with E-state index in [1.807, 2.05) is 30.3 Å². The van der Waals surface area contributed by atoms with Gasteiger partial charge < -0.3 is 5.32 Å². The van der Waals surface area contributed by atoms with Crippen LogP contribution in [0.1, 0.15) is 40.0 Å². The fourth-order valence-electron chi connectivity index (χ4n) is 4.26. The second-order valence-corrected chi connectivity index (χ2v) is 9.79. The Morgan fingerprint density at radius 3 is 2.45 bits per heavy atom. The van der Waals surface area contributed by atoms with Crippen LogP contribution in [0.3, 0.4) is 0 Å². The molecular weight excluding hydrogens is 386 g/mol. The van der Waals surface area contributed by atoms with Crippen LogP contribution in [0.15, 0.2) is 47.4 Å². The third-order valence-corrected chi connectivity index (χ3v) is 7.26. The monoisotopic (exact) mass is 417 g/mol. The molecule has 1 fully saturated rings. The van der Waals surface area contributed by atoms with E-state index in [-0.39, 0.29) is 23.4 Å². The van der Waals surface area contributed by atoms with Crippen LogP contribution in [0.5, 0.6) is 0 Å². The van der Waals surface area contributed by atoms with Crippen LogP contribution >= 0.6 is 0 Å². The number of carbonyl (C=O) groups excluding carboxylic acids is 1. The fourth-order valence-corrected chi connectivity index (χ4v) is 5.57. The van der Waals surface area contributed by atoms with Crippen molar-refractivity contribution in [2.75, 3.05) is 13.1 Å². The SMILES string of the molecule is CC(=O)N[C@@H](CNS(=O)(=O)c1cccc2ccccc12)CN1[C@H](C)CCC[C@@H]1C. The van der Waals surface area contributed by atoms with Crippen molar-refractivity contribution >= 4 is 26.7 Å². The zero-order chi connectivity index (χ0) is 21.0. The summed E-state index contributed by atoms with van der Waals surface area (Å²) in [7, 11) is -3.71. The molecule has 1 aliphatic rings. The topological polar surface area (TPSA) is 78.5 Å². The predicted molar refractivity (Wildman–Crippen MR) is 116 cm³/mol. The Bertz CT molecular complexity index is 945. The van der Waals surface area contributed by atoms with Gasteiger partial charge in [0.1, 0.15) is 0 Å². The number of piperidine rings is 1. The van der Waals surface area contributed by atoms with E-state index in [4.69, 9.17) is 0 Å². The lowest BCUT2D eigenvalue weighted by molar-refractivity contribution is -0.119. The summed E-state index contributed by atoms with van der Waals surface area (Å²) in [6, 6.07) is 13.2. The molecule has 0 unspecified atom stereocenters. The summed E-state index contributed by atoms with van der Waals surface area (Å²) in [5.41, 5.74) is 0. The Labute approximate surface area is 173 Å². The molecule has 1 amide bonds. The largest absolute Gasteiger partial charge is 0.351 e. The third kappa shape index (κ3) is 5.35. The zero-order valence-electron chi connectivity index (χ0n) is 17.4. The van der Waals surface area contributed by atoms with Gasteiger partial charge in [-0.1, -0.05) is 42.8 Å². The molecule has 7 heteroatoms. The summed E-state index contributed by atoms with van der Waals surface area (Å²) >= 11 is 0. The van der Waals surface area contributed by atoms with Gasteiger partial charge in [0.25, 0.3) is 0 Å². The van der Waals surface area contributed by atoms with E-state index in [0.717, 1.165) is 18.2 Å². The number of hydrogen-bond acceptors (Lipinski definition) is 4. The van der Waals surface area contributed by atoms with Crippen molar-refractivity contribution in [1.82, 2.24) is 14.9 Å². The molecule has 3 atom stereocenters. The summed E-state index contributed by atoms with van der Waals surface area (Å²) in [4.78, 5) is 14.4. The van der Waals surface area contributed by atoms with E-state index < -0.39 is 10.0 Å². The molecule has 158 valence electrons. The average Bonchev–Trinajstić information content (AvgIpc) is 2.68. The highest BCUT2D eigenvalue weighted by molar-refractivity contribution is 7.89. The minimum Gasteiger partial charge on any atom is -0.351 e.